The van der Waals surface area contributed by atoms with Crippen LogP contribution in [-0.4, -0.2) is 53.7 Å². The van der Waals surface area contributed by atoms with E-state index >= 15 is 0 Å². The molecule has 0 aliphatic carbocycles. The van der Waals surface area contributed by atoms with Crippen molar-refractivity contribution in [3.05, 3.63) is 108 Å². The van der Waals surface area contributed by atoms with Gasteiger partial charge in [0.1, 0.15) is 0 Å². The summed E-state index contributed by atoms with van der Waals surface area (Å²) in [6.45, 7) is 2.95. The molecule has 2 atom stereocenters. The third kappa shape index (κ3) is 7.79. The van der Waals surface area contributed by atoms with Crippen LogP contribution in [0.2, 0.25) is 0 Å². The molecule has 0 bridgehead atoms. The van der Waals surface area contributed by atoms with Crippen LogP contribution in [0.5, 0.6) is 5.88 Å². The predicted molar refractivity (Wildman–Crippen MR) is 151 cm³/mol. The second kappa shape index (κ2) is 13.9. The fourth-order valence-corrected chi connectivity index (χ4v) is 4.96. The lowest BCUT2D eigenvalue weighted by Crippen LogP contribution is -2.44. The Labute approximate surface area is 234 Å². The molecule has 1 N–H and O–H groups in total. The second-order valence-electron chi connectivity index (χ2n) is 9.84. The van der Waals surface area contributed by atoms with Gasteiger partial charge in [-0.05, 0) is 39.9 Å². The van der Waals surface area contributed by atoms with Gasteiger partial charge in [-0.3, -0.25) is 0 Å². The van der Waals surface area contributed by atoms with Gasteiger partial charge in [-0.15, -0.1) is 5.06 Å². The molecule has 0 spiro atoms. The van der Waals surface area contributed by atoms with E-state index in [0.717, 1.165) is 28.5 Å². The molecule has 4 aromatic rings. The molecule has 1 aromatic heterocycles. The van der Waals surface area contributed by atoms with E-state index in [-0.39, 0.29) is 12.0 Å². The van der Waals surface area contributed by atoms with Crippen molar-refractivity contribution >= 4 is 16.9 Å². The zero-order chi connectivity index (χ0) is 27.6. The number of hydrogen-bond acceptors (Lipinski definition) is 7. The minimum Gasteiger partial charge on any atom is -0.478 e. The maximum Gasteiger partial charge on any atom is 0.525 e. The molecule has 8 nitrogen and oxygen atoms in total. The Kier molecular flexibility index (Phi) is 9.58. The van der Waals surface area contributed by atoms with E-state index in [1.54, 1.807) is 0 Å². The molecule has 0 amide bonds. The van der Waals surface area contributed by atoms with Crippen LogP contribution < -0.4 is 4.74 Å². The summed E-state index contributed by atoms with van der Waals surface area (Å²) in [6, 6.07) is 28.5. The number of pyridine rings is 1. The zero-order valence-corrected chi connectivity index (χ0v) is 22.4. The molecule has 208 valence electrons. The number of benzene rings is 3. The maximum atomic E-state index is 11.1. The molecule has 2 heterocycles. The lowest BCUT2D eigenvalue weighted by molar-refractivity contribution is -0.166. The first-order valence-electron chi connectivity index (χ1n) is 13.6. The van der Waals surface area contributed by atoms with E-state index in [9.17, 15) is 4.79 Å². The van der Waals surface area contributed by atoms with Crippen LogP contribution in [0.4, 0.5) is 4.79 Å². The molecule has 40 heavy (non-hydrogen) atoms. The maximum absolute atomic E-state index is 11.1. The summed E-state index contributed by atoms with van der Waals surface area (Å²) in [5.41, 5.74) is 3.24. The van der Waals surface area contributed by atoms with Crippen LogP contribution in [-0.2, 0) is 27.5 Å². The number of carboxylic acid groups (broad SMARTS) is 1. The lowest BCUT2D eigenvalue weighted by Gasteiger charge is -2.36. The van der Waals surface area contributed by atoms with Gasteiger partial charge in [0.25, 0.3) is 0 Å². The van der Waals surface area contributed by atoms with Crippen LogP contribution in [0.25, 0.3) is 10.8 Å². The molecule has 5 rings (SSSR count). The van der Waals surface area contributed by atoms with Crippen LogP contribution in [0.1, 0.15) is 35.4 Å². The fraction of sp³-hybridized carbons (Fsp3) is 0.312. The van der Waals surface area contributed by atoms with Crippen molar-refractivity contribution in [2.45, 2.75) is 38.1 Å². The lowest BCUT2D eigenvalue weighted by atomic mass is 9.88. The smallest absolute Gasteiger partial charge is 0.478 e. The summed E-state index contributed by atoms with van der Waals surface area (Å²) < 4.78 is 17.9. The Bertz CT molecular complexity index is 1360. The van der Waals surface area contributed by atoms with Crippen molar-refractivity contribution in [2.24, 2.45) is 0 Å². The van der Waals surface area contributed by atoms with Crippen molar-refractivity contribution in [3.8, 4) is 5.88 Å². The Morgan fingerprint density at radius 3 is 2.52 bits per heavy atom. The number of hydroxylamine groups is 2. The highest BCUT2D eigenvalue weighted by Gasteiger charge is 2.33. The van der Waals surface area contributed by atoms with Gasteiger partial charge in [-0.1, -0.05) is 72.8 Å². The van der Waals surface area contributed by atoms with Crippen molar-refractivity contribution in [1.29, 1.82) is 0 Å². The number of carbonyl (C=O) groups is 1. The van der Waals surface area contributed by atoms with Crippen molar-refractivity contribution in [2.75, 3.05) is 26.3 Å². The van der Waals surface area contributed by atoms with Crippen LogP contribution in [0.15, 0.2) is 91.1 Å². The molecule has 1 aliphatic heterocycles. The highest BCUT2D eigenvalue weighted by molar-refractivity contribution is 5.82. The molecule has 1 aliphatic rings. The Hall–Kier alpha value is -3.98. The van der Waals surface area contributed by atoms with Crippen molar-refractivity contribution in [1.82, 2.24) is 10.0 Å². The molecular weight excluding hydrogens is 508 g/mol. The van der Waals surface area contributed by atoms with Crippen LogP contribution >= 0.6 is 0 Å². The molecule has 2 unspecified atom stereocenters. The molecule has 1 saturated heterocycles. The molecule has 0 saturated carbocycles. The van der Waals surface area contributed by atoms with Crippen molar-refractivity contribution < 1.29 is 28.9 Å². The van der Waals surface area contributed by atoms with E-state index in [0.29, 0.717) is 51.8 Å². The number of hydrogen-bond donors (Lipinski definition) is 1. The Morgan fingerprint density at radius 2 is 1.73 bits per heavy atom. The normalized spacial score (nSPS) is 17.5. The monoisotopic (exact) mass is 542 g/mol. The number of fused-ring (bicyclic) bond motifs is 1. The molecule has 1 fully saturated rings. The summed E-state index contributed by atoms with van der Waals surface area (Å²) in [5, 5.41) is 12.9. The van der Waals surface area contributed by atoms with E-state index in [2.05, 4.69) is 35.3 Å². The largest absolute Gasteiger partial charge is 0.525 e. The SMILES string of the molecule is O=C(O)ON1CCC(c2ccc(OCCCOCc3ccccc3)nc2)C(OCc2ccc3ccccc3c2)C1. The minimum atomic E-state index is -1.32. The zero-order valence-electron chi connectivity index (χ0n) is 22.4. The number of nitrogens with zero attached hydrogens (tertiary/aromatic N) is 2. The first-order valence-corrected chi connectivity index (χ1v) is 13.6. The van der Waals surface area contributed by atoms with E-state index in [4.69, 9.17) is 24.2 Å². The Morgan fingerprint density at radius 1 is 0.900 bits per heavy atom. The summed E-state index contributed by atoms with van der Waals surface area (Å²) in [7, 11) is 0. The standard InChI is InChI=1S/C32H34N2O6/c35-32(36)40-34-16-15-29(30(21-34)39-23-25-11-12-26-9-4-5-10-27(26)19-25)28-13-14-31(33-20-28)38-18-6-17-37-22-24-7-2-1-3-8-24/h1-5,7-14,19-20,29-30H,6,15-18,21-23H2,(H,35,36). The number of piperidine rings is 1. The topological polar surface area (TPSA) is 90.4 Å². The van der Waals surface area contributed by atoms with E-state index in [1.807, 2.05) is 60.8 Å². The van der Waals surface area contributed by atoms with Gasteiger partial charge in [0.2, 0.25) is 5.88 Å². The fourth-order valence-electron chi connectivity index (χ4n) is 4.96. The van der Waals surface area contributed by atoms with Gasteiger partial charge in [-0.25, -0.2) is 9.78 Å². The first-order chi connectivity index (χ1) is 19.6. The molecule has 0 radical (unpaired) electrons. The van der Waals surface area contributed by atoms with Gasteiger partial charge in [0.15, 0.2) is 0 Å². The average molecular weight is 543 g/mol. The average Bonchev–Trinajstić information content (AvgIpc) is 2.98. The number of aromatic nitrogens is 1. The summed E-state index contributed by atoms with van der Waals surface area (Å²) in [5.74, 6) is 0.606. The summed E-state index contributed by atoms with van der Waals surface area (Å²) >= 11 is 0. The van der Waals surface area contributed by atoms with Crippen LogP contribution in [0.3, 0.4) is 0 Å². The van der Waals surface area contributed by atoms with Gasteiger partial charge in [0, 0.05) is 31.1 Å². The predicted octanol–water partition coefficient (Wildman–Crippen LogP) is 6.20. The molecular formula is C32H34N2O6. The second-order valence-corrected chi connectivity index (χ2v) is 9.84. The van der Waals surface area contributed by atoms with E-state index < -0.39 is 6.16 Å². The third-order valence-electron chi connectivity index (χ3n) is 6.99. The molecule has 3 aromatic carbocycles. The summed E-state index contributed by atoms with van der Waals surface area (Å²) in [6.07, 6.45) is 1.68. The highest BCUT2D eigenvalue weighted by Crippen LogP contribution is 2.32. The van der Waals surface area contributed by atoms with Gasteiger partial charge < -0.3 is 24.2 Å². The van der Waals surface area contributed by atoms with E-state index in [1.165, 1.54) is 10.4 Å². The highest BCUT2D eigenvalue weighted by atomic mass is 16.8. The third-order valence-corrected chi connectivity index (χ3v) is 6.99. The minimum absolute atomic E-state index is 0.0436. The number of rotatable bonds is 12. The Balaban J connectivity index is 1.15. The summed E-state index contributed by atoms with van der Waals surface area (Å²) in [4.78, 5) is 20.6. The first kappa shape index (κ1) is 27.6. The van der Waals surface area contributed by atoms with Crippen molar-refractivity contribution in [3.63, 3.8) is 0 Å². The van der Waals surface area contributed by atoms with Crippen LogP contribution in [0, 0.1) is 0 Å². The van der Waals surface area contributed by atoms with Gasteiger partial charge in [0.05, 0.1) is 39.1 Å². The van der Waals surface area contributed by atoms with Gasteiger partial charge >= 0.3 is 6.16 Å². The van der Waals surface area contributed by atoms with Gasteiger partial charge in [-0.2, -0.15) is 0 Å². The number of ether oxygens (including phenoxy) is 3. The quantitative estimate of drug-likeness (QED) is 0.212. The molecule has 8 heteroatoms.